The van der Waals surface area contributed by atoms with E-state index in [9.17, 15) is 4.79 Å². The van der Waals surface area contributed by atoms with E-state index < -0.39 is 0 Å². The van der Waals surface area contributed by atoms with E-state index >= 15 is 0 Å². The van der Waals surface area contributed by atoms with Gasteiger partial charge in [-0.25, -0.2) is 0 Å². The molecule has 114 valence electrons. The Kier molecular flexibility index (Phi) is 5.84. The zero-order chi connectivity index (χ0) is 15.2. The highest BCUT2D eigenvalue weighted by Crippen LogP contribution is 2.27. The molecule has 0 saturated carbocycles. The molecular formula is C17H23NO2S. The molecule has 2 rings (SSSR count). The summed E-state index contributed by atoms with van der Waals surface area (Å²) in [5.41, 5.74) is 1.02. The van der Waals surface area contributed by atoms with E-state index in [1.165, 1.54) is 17.8 Å². The summed E-state index contributed by atoms with van der Waals surface area (Å²) in [4.78, 5) is 16.5. The molecule has 0 bridgehead atoms. The van der Waals surface area contributed by atoms with E-state index in [2.05, 4.69) is 23.7 Å². The van der Waals surface area contributed by atoms with Crippen LogP contribution in [0.2, 0.25) is 0 Å². The Morgan fingerprint density at radius 1 is 1.52 bits per heavy atom. The predicted octanol–water partition coefficient (Wildman–Crippen LogP) is 3.20. The van der Waals surface area contributed by atoms with Crippen LogP contribution in [0.5, 0.6) is 0 Å². The van der Waals surface area contributed by atoms with Crippen LogP contribution in [0.25, 0.3) is 0 Å². The fourth-order valence-electron chi connectivity index (χ4n) is 2.87. The second-order valence-corrected chi connectivity index (χ2v) is 6.57. The van der Waals surface area contributed by atoms with Crippen LogP contribution in [-0.2, 0) is 0 Å². The van der Waals surface area contributed by atoms with Crippen molar-refractivity contribution in [3.63, 3.8) is 0 Å². The molecule has 1 aliphatic heterocycles. The van der Waals surface area contributed by atoms with Gasteiger partial charge in [-0.1, -0.05) is 25.2 Å². The summed E-state index contributed by atoms with van der Waals surface area (Å²) in [6, 6.07) is 2.33. The van der Waals surface area contributed by atoms with E-state index in [1.54, 1.807) is 0 Å². The summed E-state index contributed by atoms with van der Waals surface area (Å²) in [7, 11) is 0. The molecule has 1 amide bonds. The molecule has 1 aromatic rings. The number of aliphatic hydroxyl groups excluding tert-OH is 1. The lowest BCUT2D eigenvalue weighted by molar-refractivity contribution is 0.0605. The van der Waals surface area contributed by atoms with Gasteiger partial charge in [-0.05, 0) is 44.2 Å². The maximum atomic E-state index is 12.8. The SMILES string of the molecule is CCCC1CCCCN1C(=O)c1cc(C)c(C#CCO)s1. The van der Waals surface area contributed by atoms with Crippen molar-refractivity contribution in [1.29, 1.82) is 0 Å². The Labute approximate surface area is 131 Å². The average Bonchev–Trinajstić information content (AvgIpc) is 2.86. The number of aliphatic hydroxyl groups is 1. The number of thiophene rings is 1. The molecule has 3 nitrogen and oxygen atoms in total. The second kappa shape index (κ2) is 7.63. The van der Waals surface area contributed by atoms with Crippen LogP contribution in [0.1, 0.15) is 59.1 Å². The maximum absolute atomic E-state index is 12.8. The van der Waals surface area contributed by atoms with Crippen LogP contribution in [0, 0.1) is 18.8 Å². The van der Waals surface area contributed by atoms with E-state index in [-0.39, 0.29) is 12.5 Å². The summed E-state index contributed by atoms with van der Waals surface area (Å²) >= 11 is 1.45. The highest BCUT2D eigenvalue weighted by Gasteiger charge is 2.27. The highest BCUT2D eigenvalue weighted by atomic mass is 32.1. The van der Waals surface area contributed by atoms with Crippen molar-refractivity contribution in [1.82, 2.24) is 4.90 Å². The topological polar surface area (TPSA) is 40.5 Å². The van der Waals surface area contributed by atoms with Gasteiger partial charge in [-0.15, -0.1) is 11.3 Å². The van der Waals surface area contributed by atoms with Gasteiger partial charge in [0.15, 0.2) is 0 Å². The minimum atomic E-state index is -0.148. The molecule has 1 N–H and O–H groups in total. The number of likely N-dealkylation sites (tertiary alicyclic amines) is 1. The molecule has 1 saturated heterocycles. The fraction of sp³-hybridized carbons (Fsp3) is 0.588. The van der Waals surface area contributed by atoms with Crippen LogP contribution >= 0.6 is 11.3 Å². The van der Waals surface area contributed by atoms with Gasteiger partial charge in [0, 0.05) is 12.6 Å². The van der Waals surface area contributed by atoms with E-state index in [0.29, 0.717) is 6.04 Å². The van der Waals surface area contributed by atoms with E-state index in [0.717, 1.165) is 47.5 Å². The summed E-state index contributed by atoms with van der Waals surface area (Å²) in [6.45, 7) is 4.87. The summed E-state index contributed by atoms with van der Waals surface area (Å²) in [5.74, 6) is 5.73. The Hall–Kier alpha value is -1.31. The first-order valence-corrected chi connectivity index (χ1v) is 8.50. The quantitative estimate of drug-likeness (QED) is 0.871. The number of carbonyl (C=O) groups is 1. The molecule has 0 aliphatic carbocycles. The molecule has 1 atom stereocenters. The predicted molar refractivity (Wildman–Crippen MR) is 86.6 cm³/mol. The number of amides is 1. The largest absolute Gasteiger partial charge is 0.384 e. The average molecular weight is 305 g/mol. The zero-order valence-corrected chi connectivity index (χ0v) is 13.6. The van der Waals surface area contributed by atoms with Crippen molar-refractivity contribution < 1.29 is 9.90 Å². The van der Waals surface area contributed by atoms with Crippen molar-refractivity contribution in [3.8, 4) is 11.8 Å². The number of carbonyl (C=O) groups excluding carboxylic acids is 1. The first kappa shape index (κ1) is 16.1. The van der Waals surface area contributed by atoms with Gasteiger partial charge >= 0.3 is 0 Å². The second-order valence-electron chi connectivity index (χ2n) is 5.52. The van der Waals surface area contributed by atoms with Gasteiger partial charge in [0.1, 0.15) is 6.61 Å². The molecule has 1 unspecified atom stereocenters. The Morgan fingerprint density at radius 3 is 3.05 bits per heavy atom. The normalized spacial score (nSPS) is 18.2. The van der Waals surface area contributed by atoms with E-state index in [1.807, 2.05) is 13.0 Å². The van der Waals surface area contributed by atoms with E-state index in [4.69, 9.17) is 5.11 Å². The third-order valence-electron chi connectivity index (χ3n) is 3.92. The molecule has 1 fully saturated rings. The summed E-state index contributed by atoms with van der Waals surface area (Å²) in [5, 5.41) is 8.79. The number of piperidine rings is 1. The summed E-state index contributed by atoms with van der Waals surface area (Å²) in [6.07, 6.45) is 5.66. The molecule has 21 heavy (non-hydrogen) atoms. The van der Waals surface area contributed by atoms with Gasteiger partial charge in [-0.2, -0.15) is 0 Å². The molecule has 1 aliphatic rings. The lowest BCUT2D eigenvalue weighted by atomic mass is 9.98. The molecular weight excluding hydrogens is 282 g/mol. The third kappa shape index (κ3) is 3.87. The number of rotatable bonds is 3. The minimum Gasteiger partial charge on any atom is -0.384 e. The third-order valence-corrected chi connectivity index (χ3v) is 5.06. The minimum absolute atomic E-state index is 0.148. The van der Waals surface area contributed by atoms with Crippen molar-refractivity contribution in [2.24, 2.45) is 0 Å². The number of hydrogen-bond donors (Lipinski definition) is 1. The number of aryl methyl sites for hydroxylation is 1. The van der Waals surface area contributed by atoms with Gasteiger partial charge in [0.25, 0.3) is 5.91 Å². The molecule has 0 spiro atoms. The number of nitrogens with zero attached hydrogens (tertiary/aromatic N) is 1. The van der Waals surface area contributed by atoms with Crippen molar-refractivity contribution >= 4 is 17.2 Å². The van der Waals surface area contributed by atoms with Crippen molar-refractivity contribution in [3.05, 3.63) is 21.4 Å². The first-order chi connectivity index (χ1) is 10.2. The first-order valence-electron chi connectivity index (χ1n) is 7.68. The Morgan fingerprint density at radius 2 is 2.33 bits per heavy atom. The number of hydrogen-bond acceptors (Lipinski definition) is 3. The van der Waals surface area contributed by atoms with Gasteiger partial charge in [0.2, 0.25) is 0 Å². The fourth-order valence-corrected chi connectivity index (χ4v) is 3.88. The van der Waals surface area contributed by atoms with Crippen LogP contribution in [0.15, 0.2) is 6.07 Å². The molecule has 1 aromatic heterocycles. The van der Waals surface area contributed by atoms with Crippen LogP contribution < -0.4 is 0 Å². The van der Waals surface area contributed by atoms with Crippen LogP contribution in [-0.4, -0.2) is 35.1 Å². The maximum Gasteiger partial charge on any atom is 0.264 e. The smallest absolute Gasteiger partial charge is 0.264 e. The molecule has 4 heteroatoms. The lowest BCUT2D eigenvalue weighted by Gasteiger charge is -2.35. The Bertz CT molecular complexity index is 551. The lowest BCUT2D eigenvalue weighted by Crippen LogP contribution is -2.43. The van der Waals surface area contributed by atoms with Crippen LogP contribution in [0.4, 0.5) is 0 Å². The molecule has 0 radical (unpaired) electrons. The van der Waals surface area contributed by atoms with Crippen LogP contribution in [0.3, 0.4) is 0 Å². The monoisotopic (exact) mass is 305 g/mol. The zero-order valence-electron chi connectivity index (χ0n) is 12.8. The van der Waals surface area contributed by atoms with Gasteiger partial charge < -0.3 is 10.0 Å². The Balaban J connectivity index is 2.18. The van der Waals surface area contributed by atoms with Gasteiger partial charge in [-0.3, -0.25) is 4.79 Å². The van der Waals surface area contributed by atoms with Gasteiger partial charge in [0.05, 0.1) is 9.75 Å². The summed E-state index contributed by atoms with van der Waals surface area (Å²) < 4.78 is 0. The molecule has 0 aromatic carbocycles. The highest BCUT2D eigenvalue weighted by molar-refractivity contribution is 7.14. The molecule has 2 heterocycles. The standard InChI is InChI=1S/C17H23NO2S/c1-3-7-14-8-4-5-10-18(14)17(20)16-12-13(2)15(21-16)9-6-11-19/h12,14,19H,3-5,7-8,10-11H2,1-2H3. The van der Waals surface area contributed by atoms with Crippen molar-refractivity contribution in [2.75, 3.05) is 13.2 Å². The van der Waals surface area contributed by atoms with Crippen molar-refractivity contribution in [2.45, 2.75) is 52.0 Å².